The molecule has 0 bridgehead atoms. The van der Waals surface area contributed by atoms with E-state index < -0.39 is 12.1 Å². The van der Waals surface area contributed by atoms with Gasteiger partial charge in [-0.2, -0.15) is 0 Å². The van der Waals surface area contributed by atoms with Gasteiger partial charge in [-0.05, 0) is 64.3 Å². The second-order valence-corrected chi connectivity index (χ2v) is 10.4. The molecule has 0 saturated carbocycles. The van der Waals surface area contributed by atoms with Gasteiger partial charge in [0.15, 0.2) is 0 Å². The molecule has 0 aliphatic heterocycles. The maximum absolute atomic E-state index is 11.2. The Bertz CT molecular complexity index is 1180. The van der Waals surface area contributed by atoms with Gasteiger partial charge in [0.05, 0.1) is 18.3 Å². The highest BCUT2D eigenvalue weighted by Crippen LogP contribution is 2.44. The van der Waals surface area contributed by atoms with Gasteiger partial charge in [0.1, 0.15) is 5.75 Å². The minimum atomic E-state index is -0.961. The molecule has 3 aromatic rings. The largest absolute Gasteiger partial charge is 0.493 e. The van der Waals surface area contributed by atoms with E-state index in [1.807, 2.05) is 31.2 Å². The number of benzene rings is 3. The van der Waals surface area contributed by atoms with Crippen LogP contribution in [-0.4, -0.2) is 22.8 Å². The molecule has 0 heterocycles. The van der Waals surface area contributed by atoms with Crippen LogP contribution in [0, 0.1) is 12.8 Å². The van der Waals surface area contributed by atoms with Gasteiger partial charge in [-0.1, -0.05) is 89.2 Å². The molecule has 3 rings (SSSR count). The smallest absolute Gasteiger partial charge is 0.335 e. The Labute approximate surface area is 208 Å². The van der Waals surface area contributed by atoms with E-state index in [1.165, 1.54) is 0 Å². The van der Waals surface area contributed by atoms with Crippen LogP contribution in [0.15, 0.2) is 66.7 Å². The van der Waals surface area contributed by atoms with Crippen molar-refractivity contribution in [3.8, 4) is 16.9 Å². The van der Waals surface area contributed by atoms with Crippen LogP contribution in [0.25, 0.3) is 17.2 Å². The number of aliphatic hydroxyl groups excluding tert-OH is 1. The fourth-order valence-electron chi connectivity index (χ4n) is 4.15. The summed E-state index contributed by atoms with van der Waals surface area (Å²) in [6.45, 7) is 13.4. The molecule has 0 aromatic heterocycles. The summed E-state index contributed by atoms with van der Waals surface area (Å²) in [6.07, 6.45) is 2.69. The topological polar surface area (TPSA) is 66.8 Å². The zero-order chi connectivity index (χ0) is 25.8. The minimum Gasteiger partial charge on any atom is -0.493 e. The lowest BCUT2D eigenvalue weighted by molar-refractivity contribution is 0.0697. The van der Waals surface area contributed by atoms with Gasteiger partial charge >= 0.3 is 5.97 Å². The molecule has 1 atom stereocenters. The Kier molecular flexibility index (Phi) is 8.18. The molecule has 0 radical (unpaired) electrons. The highest BCUT2D eigenvalue weighted by molar-refractivity contribution is 5.87. The third-order valence-electron chi connectivity index (χ3n) is 5.91. The summed E-state index contributed by atoms with van der Waals surface area (Å²) < 4.78 is 6.42. The van der Waals surface area contributed by atoms with Crippen LogP contribution in [0.4, 0.5) is 0 Å². The third kappa shape index (κ3) is 6.40. The maximum Gasteiger partial charge on any atom is 0.335 e. The Balaban J connectivity index is 2.12. The first kappa shape index (κ1) is 26.2. The highest BCUT2D eigenvalue weighted by atomic mass is 16.5. The van der Waals surface area contributed by atoms with Crippen molar-refractivity contribution < 1.29 is 19.7 Å². The molecule has 2 N–H and O–H groups in total. The Morgan fingerprint density at radius 1 is 1.03 bits per heavy atom. The molecule has 4 nitrogen and oxygen atoms in total. The normalized spacial score (nSPS) is 12.8. The standard InChI is InChI=1S/C31H36O4/c1-20(2)19-35-29-21(3)25(27(32)17-14-22-12-15-24(16-13-22)30(33)34)18-26(28(29)31(4,5)6)23-10-8-7-9-11-23/h7-18,20,27,32H,19H2,1-6H3,(H,33,34)/b17-14+. The van der Waals surface area contributed by atoms with Crippen molar-refractivity contribution in [1.29, 1.82) is 0 Å². The molecule has 0 spiro atoms. The molecular weight excluding hydrogens is 436 g/mol. The SMILES string of the molecule is Cc1c(C(O)/C=C/c2ccc(C(=O)O)cc2)cc(-c2ccccc2)c(C(C)(C)C)c1OCC(C)C. The molecule has 0 aliphatic carbocycles. The van der Waals surface area contributed by atoms with Gasteiger partial charge in [-0.15, -0.1) is 0 Å². The number of carbonyl (C=O) groups is 1. The van der Waals surface area contributed by atoms with E-state index in [0.29, 0.717) is 12.5 Å². The van der Waals surface area contributed by atoms with Gasteiger partial charge < -0.3 is 14.9 Å². The Hall–Kier alpha value is -3.37. The second-order valence-electron chi connectivity index (χ2n) is 10.4. The number of aromatic carboxylic acids is 1. The van der Waals surface area contributed by atoms with Crippen LogP contribution < -0.4 is 4.74 Å². The zero-order valence-corrected chi connectivity index (χ0v) is 21.5. The molecule has 0 saturated heterocycles. The van der Waals surface area contributed by atoms with Crippen LogP contribution in [0.3, 0.4) is 0 Å². The van der Waals surface area contributed by atoms with E-state index in [9.17, 15) is 9.90 Å². The number of hydrogen-bond donors (Lipinski definition) is 2. The monoisotopic (exact) mass is 472 g/mol. The quantitative estimate of drug-likeness (QED) is 0.357. The summed E-state index contributed by atoms with van der Waals surface area (Å²) in [7, 11) is 0. The van der Waals surface area contributed by atoms with Crippen LogP contribution in [0.5, 0.6) is 5.75 Å². The zero-order valence-electron chi connectivity index (χ0n) is 21.5. The highest BCUT2D eigenvalue weighted by Gasteiger charge is 2.28. The van der Waals surface area contributed by atoms with E-state index in [2.05, 4.69) is 52.8 Å². The fourth-order valence-corrected chi connectivity index (χ4v) is 4.15. The molecule has 1 unspecified atom stereocenters. The number of hydrogen-bond acceptors (Lipinski definition) is 3. The lowest BCUT2D eigenvalue weighted by Crippen LogP contribution is -2.19. The van der Waals surface area contributed by atoms with E-state index in [4.69, 9.17) is 9.84 Å². The third-order valence-corrected chi connectivity index (χ3v) is 5.91. The average Bonchev–Trinajstić information content (AvgIpc) is 2.81. The van der Waals surface area contributed by atoms with Crippen LogP contribution in [-0.2, 0) is 5.41 Å². The Morgan fingerprint density at radius 2 is 1.66 bits per heavy atom. The van der Waals surface area contributed by atoms with Crippen molar-refractivity contribution in [2.24, 2.45) is 5.92 Å². The molecule has 0 aliphatic rings. The molecule has 184 valence electrons. The second kappa shape index (κ2) is 10.9. The number of carboxylic acids is 1. The van der Waals surface area contributed by atoms with Crippen molar-refractivity contribution in [1.82, 2.24) is 0 Å². The fraction of sp³-hybridized carbons (Fsp3) is 0.323. The minimum absolute atomic E-state index is 0.173. The van der Waals surface area contributed by atoms with Crippen molar-refractivity contribution in [2.75, 3.05) is 6.61 Å². The summed E-state index contributed by atoms with van der Waals surface area (Å²) in [4.78, 5) is 11.1. The van der Waals surface area contributed by atoms with Crippen molar-refractivity contribution >= 4 is 12.0 Å². The van der Waals surface area contributed by atoms with Crippen LogP contribution in [0.2, 0.25) is 0 Å². The molecule has 0 fully saturated rings. The number of rotatable bonds is 8. The molecule has 4 heteroatoms. The number of aliphatic hydroxyl groups is 1. The first-order chi connectivity index (χ1) is 16.5. The van der Waals surface area contributed by atoms with Crippen molar-refractivity contribution in [3.63, 3.8) is 0 Å². The lowest BCUT2D eigenvalue weighted by Gasteiger charge is -2.30. The van der Waals surface area contributed by atoms with E-state index in [-0.39, 0.29) is 11.0 Å². The van der Waals surface area contributed by atoms with Gasteiger partial charge in [0.25, 0.3) is 0 Å². The first-order valence-electron chi connectivity index (χ1n) is 12.0. The van der Waals surface area contributed by atoms with Crippen molar-refractivity contribution in [2.45, 2.75) is 53.1 Å². The summed E-state index contributed by atoms with van der Waals surface area (Å²) in [5, 5.41) is 20.3. The average molecular weight is 473 g/mol. The van der Waals surface area contributed by atoms with Crippen molar-refractivity contribution in [3.05, 3.63) is 94.6 Å². The summed E-state index contributed by atoms with van der Waals surface area (Å²) >= 11 is 0. The predicted octanol–water partition coefficient (Wildman–Crippen LogP) is 7.44. The van der Waals surface area contributed by atoms with Gasteiger partial charge in [-0.25, -0.2) is 4.79 Å². The van der Waals surface area contributed by atoms with Gasteiger partial charge in [-0.3, -0.25) is 0 Å². The number of ether oxygens (including phenoxy) is 1. The van der Waals surface area contributed by atoms with Gasteiger partial charge in [0.2, 0.25) is 0 Å². The maximum atomic E-state index is 11.2. The Morgan fingerprint density at radius 3 is 2.20 bits per heavy atom. The summed E-state index contributed by atoms with van der Waals surface area (Å²) in [5.41, 5.74) is 5.85. The van der Waals surface area contributed by atoms with Crippen LogP contribution >= 0.6 is 0 Å². The summed E-state index contributed by atoms with van der Waals surface area (Å²) in [6, 6.07) is 18.9. The van der Waals surface area contributed by atoms with E-state index in [1.54, 1.807) is 30.3 Å². The molecular formula is C31H36O4. The van der Waals surface area contributed by atoms with Crippen LogP contribution in [0.1, 0.15) is 73.3 Å². The molecule has 35 heavy (non-hydrogen) atoms. The number of carboxylic acid groups (broad SMARTS) is 1. The van der Waals surface area contributed by atoms with E-state index in [0.717, 1.165) is 39.1 Å². The molecule has 3 aromatic carbocycles. The lowest BCUT2D eigenvalue weighted by atomic mass is 9.78. The first-order valence-corrected chi connectivity index (χ1v) is 12.0. The summed E-state index contributed by atoms with van der Waals surface area (Å²) in [5.74, 6) is 0.239. The molecule has 0 amide bonds. The van der Waals surface area contributed by atoms with E-state index >= 15 is 0 Å². The van der Waals surface area contributed by atoms with Gasteiger partial charge in [0, 0.05) is 5.56 Å². The predicted molar refractivity (Wildman–Crippen MR) is 143 cm³/mol.